The molecular weight excluding hydrogens is 366 g/mol. The van der Waals surface area contributed by atoms with Crippen molar-refractivity contribution in [1.29, 1.82) is 5.26 Å². The van der Waals surface area contributed by atoms with Crippen molar-refractivity contribution in [2.24, 2.45) is 14.1 Å². The number of nitrogen functional groups attached to an aromatic ring is 1. The zero-order chi connectivity index (χ0) is 20.4. The van der Waals surface area contributed by atoms with Crippen LogP contribution in [0.4, 0.5) is 5.82 Å². The summed E-state index contributed by atoms with van der Waals surface area (Å²) in [7, 11) is 2.89. The van der Waals surface area contributed by atoms with Gasteiger partial charge in [0.15, 0.2) is 17.0 Å². The van der Waals surface area contributed by atoms with Crippen LogP contribution in [0.25, 0.3) is 11.2 Å². The van der Waals surface area contributed by atoms with Crippen LogP contribution in [0.1, 0.15) is 17.7 Å². The van der Waals surface area contributed by atoms with Gasteiger partial charge in [-0.15, -0.1) is 0 Å². The van der Waals surface area contributed by atoms with E-state index in [1.54, 1.807) is 0 Å². The summed E-state index contributed by atoms with van der Waals surface area (Å²) in [4.78, 5) is 40.6. The molecule has 0 aliphatic heterocycles. The van der Waals surface area contributed by atoms with Crippen molar-refractivity contribution in [2.75, 3.05) is 12.3 Å². The third-order valence-electron chi connectivity index (χ3n) is 4.44. The fraction of sp³-hybridized carbons (Fsp3) is 0.375. The van der Waals surface area contributed by atoms with Crippen LogP contribution < -0.4 is 22.3 Å². The second-order valence-electron chi connectivity index (χ2n) is 6.28. The average Bonchev–Trinajstić information content (AvgIpc) is 3.25. The van der Waals surface area contributed by atoms with Gasteiger partial charge in [0.1, 0.15) is 18.2 Å². The molecule has 0 saturated carbocycles. The largest absolute Gasteiger partial charge is 0.381 e. The Morgan fingerprint density at radius 3 is 2.82 bits per heavy atom. The Hall–Kier alpha value is -3.88. The molecule has 0 bridgehead atoms. The number of carbonyl (C=O) groups is 1. The number of amides is 1. The summed E-state index contributed by atoms with van der Waals surface area (Å²) < 4.78 is 3.64. The quantitative estimate of drug-likeness (QED) is 0.427. The number of hydrogen-bond donors (Lipinski definition) is 3. The number of H-pyrrole nitrogens is 1. The zero-order valence-electron chi connectivity index (χ0n) is 15.4. The molecule has 12 nitrogen and oxygen atoms in total. The molecule has 3 aromatic heterocycles. The monoisotopic (exact) mass is 385 g/mol. The minimum atomic E-state index is -0.510. The predicted molar refractivity (Wildman–Crippen MR) is 99.3 cm³/mol. The molecule has 4 N–H and O–H groups in total. The molecule has 0 aliphatic rings. The molecule has 0 radical (unpaired) electrons. The molecule has 0 saturated heterocycles. The van der Waals surface area contributed by atoms with E-state index in [0.29, 0.717) is 30.6 Å². The third-order valence-corrected chi connectivity index (χ3v) is 4.44. The number of nitriles is 1. The molecule has 28 heavy (non-hydrogen) atoms. The van der Waals surface area contributed by atoms with Crippen molar-refractivity contribution in [3.8, 4) is 6.07 Å². The Morgan fingerprint density at radius 2 is 2.11 bits per heavy atom. The van der Waals surface area contributed by atoms with Gasteiger partial charge >= 0.3 is 5.69 Å². The van der Waals surface area contributed by atoms with E-state index in [1.165, 1.54) is 29.6 Å². The number of fused-ring (bicyclic) bond motifs is 1. The number of nitrogens with zero attached hydrogens (tertiary/aromatic N) is 6. The first-order valence-electron chi connectivity index (χ1n) is 8.45. The Bertz CT molecular complexity index is 1210. The Kier molecular flexibility index (Phi) is 4.99. The minimum absolute atomic E-state index is 0.107. The molecule has 0 aliphatic carbocycles. The van der Waals surface area contributed by atoms with Crippen molar-refractivity contribution in [3.63, 3.8) is 0 Å². The van der Waals surface area contributed by atoms with Crippen molar-refractivity contribution in [3.05, 3.63) is 38.4 Å². The van der Waals surface area contributed by atoms with Gasteiger partial charge in [-0.2, -0.15) is 10.4 Å². The number of rotatable bonds is 6. The number of nitrogens with one attached hydrogen (secondary N) is 2. The summed E-state index contributed by atoms with van der Waals surface area (Å²) in [5.74, 6) is -0.149. The molecule has 0 atom stereocenters. The Balaban J connectivity index is 1.64. The number of aryl methyl sites for hydroxylation is 2. The van der Waals surface area contributed by atoms with Gasteiger partial charge in [0.25, 0.3) is 5.56 Å². The van der Waals surface area contributed by atoms with E-state index in [-0.39, 0.29) is 29.4 Å². The molecule has 0 aromatic carbocycles. The van der Waals surface area contributed by atoms with Crippen LogP contribution >= 0.6 is 0 Å². The standard InChI is InChI=1S/C16H19N9O3/c1-23-14-12(15(27)24(2)16(23)28)25(8-20-14)7-11(26)19-5-3-4-10-9(6-17)13(18)22-21-10/h8H,3-5,7H2,1-2H3,(H,19,26)(H3,18,21,22). The van der Waals surface area contributed by atoms with Crippen LogP contribution in [0.5, 0.6) is 0 Å². The first-order valence-corrected chi connectivity index (χ1v) is 8.45. The van der Waals surface area contributed by atoms with Crippen LogP contribution in [0, 0.1) is 11.3 Å². The summed E-state index contributed by atoms with van der Waals surface area (Å²) in [6, 6.07) is 1.99. The Morgan fingerprint density at radius 1 is 1.36 bits per heavy atom. The maximum absolute atomic E-state index is 12.4. The van der Waals surface area contributed by atoms with Crippen LogP contribution in [0.3, 0.4) is 0 Å². The van der Waals surface area contributed by atoms with E-state index >= 15 is 0 Å². The van der Waals surface area contributed by atoms with Gasteiger partial charge in [-0.25, -0.2) is 9.78 Å². The van der Waals surface area contributed by atoms with Crippen molar-refractivity contribution in [2.45, 2.75) is 19.4 Å². The van der Waals surface area contributed by atoms with Gasteiger partial charge in [-0.1, -0.05) is 0 Å². The van der Waals surface area contributed by atoms with E-state index in [9.17, 15) is 14.4 Å². The lowest BCUT2D eigenvalue weighted by atomic mass is 10.1. The topological polar surface area (TPSA) is 169 Å². The van der Waals surface area contributed by atoms with Gasteiger partial charge in [-0.3, -0.25) is 23.8 Å². The van der Waals surface area contributed by atoms with Crippen molar-refractivity contribution in [1.82, 2.24) is 34.2 Å². The number of aromatic amines is 1. The van der Waals surface area contributed by atoms with Crippen LogP contribution in [-0.4, -0.2) is 41.3 Å². The predicted octanol–water partition coefficient (Wildman–Crippen LogP) is -1.64. The second-order valence-corrected chi connectivity index (χ2v) is 6.28. The molecule has 146 valence electrons. The summed E-state index contributed by atoms with van der Waals surface area (Å²) in [6.07, 6.45) is 2.44. The van der Waals surface area contributed by atoms with E-state index in [1.807, 2.05) is 6.07 Å². The second kappa shape index (κ2) is 7.39. The van der Waals surface area contributed by atoms with Gasteiger partial charge in [0.2, 0.25) is 5.91 Å². The maximum Gasteiger partial charge on any atom is 0.332 e. The average molecular weight is 385 g/mol. The number of imidazole rings is 1. The van der Waals surface area contributed by atoms with E-state index < -0.39 is 11.2 Å². The lowest BCUT2D eigenvalue weighted by molar-refractivity contribution is -0.121. The minimum Gasteiger partial charge on any atom is -0.381 e. The molecule has 12 heteroatoms. The lowest BCUT2D eigenvalue weighted by Gasteiger charge is -2.08. The van der Waals surface area contributed by atoms with Gasteiger partial charge in [0.05, 0.1) is 12.0 Å². The summed E-state index contributed by atoms with van der Waals surface area (Å²) in [5, 5.41) is 18.3. The molecule has 3 rings (SSSR count). The van der Waals surface area contributed by atoms with Crippen molar-refractivity contribution >= 4 is 22.9 Å². The number of aromatic nitrogens is 6. The molecule has 0 fully saturated rings. The molecular formula is C16H19N9O3. The SMILES string of the molecule is Cn1c(=O)c2c(ncn2CC(=O)NCCCc2[nH]nc(N)c2C#N)n(C)c1=O. The molecule has 0 spiro atoms. The highest BCUT2D eigenvalue weighted by atomic mass is 16.2. The van der Waals surface area contributed by atoms with Crippen LogP contribution in [-0.2, 0) is 31.9 Å². The number of hydrogen-bond acceptors (Lipinski definition) is 7. The molecule has 0 unspecified atom stereocenters. The zero-order valence-corrected chi connectivity index (χ0v) is 15.4. The van der Waals surface area contributed by atoms with Crippen LogP contribution in [0.2, 0.25) is 0 Å². The summed E-state index contributed by atoms with van der Waals surface area (Å²) >= 11 is 0. The van der Waals surface area contributed by atoms with E-state index in [0.717, 1.165) is 4.57 Å². The van der Waals surface area contributed by atoms with Gasteiger partial charge < -0.3 is 15.6 Å². The lowest BCUT2D eigenvalue weighted by Crippen LogP contribution is -2.38. The van der Waals surface area contributed by atoms with E-state index in [2.05, 4.69) is 20.5 Å². The number of anilines is 1. The fourth-order valence-corrected chi connectivity index (χ4v) is 2.92. The molecule has 3 heterocycles. The number of carbonyl (C=O) groups excluding carboxylic acids is 1. The van der Waals surface area contributed by atoms with Crippen molar-refractivity contribution < 1.29 is 4.79 Å². The summed E-state index contributed by atoms with van der Waals surface area (Å²) in [6.45, 7) is 0.260. The highest BCUT2D eigenvalue weighted by Gasteiger charge is 2.16. The highest BCUT2D eigenvalue weighted by molar-refractivity contribution is 5.78. The molecule has 3 aromatic rings. The highest BCUT2D eigenvalue weighted by Crippen LogP contribution is 2.13. The van der Waals surface area contributed by atoms with Gasteiger partial charge in [0, 0.05) is 20.6 Å². The first-order chi connectivity index (χ1) is 13.3. The van der Waals surface area contributed by atoms with Crippen LogP contribution in [0.15, 0.2) is 15.9 Å². The fourth-order valence-electron chi connectivity index (χ4n) is 2.92. The Labute approximate surface area is 158 Å². The van der Waals surface area contributed by atoms with E-state index in [4.69, 9.17) is 11.0 Å². The summed E-state index contributed by atoms with van der Waals surface area (Å²) in [5.41, 5.74) is 5.94. The van der Waals surface area contributed by atoms with Gasteiger partial charge in [-0.05, 0) is 12.8 Å². The normalized spacial score (nSPS) is 10.9. The number of nitrogens with two attached hydrogens (primary N) is 1. The smallest absolute Gasteiger partial charge is 0.332 e. The first kappa shape index (κ1) is 18.9. The maximum atomic E-state index is 12.4. The molecule has 1 amide bonds. The third kappa shape index (κ3) is 3.25.